The van der Waals surface area contributed by atoms with E-state index < -0.39 is 0 Å². The molecule has 1 aliphatic heterocycles. The normalized spacial score (nSPS) is 15.0. The number of halogens is 1. The molecule has 3 aromatic rings. The fourth-order valence-electron chi connectivity index (χ4n) is 3.41. The zero-order chi connectivity index (χ0) is 20.4. The van der Waals surface area contributed by atoms with Crippen LogP contribution < -0.4 is 10.7 Å². The largest absolute Gasteiger partial charge is 0.379 e. The van der Waals surface area contributed by atoms with Crippen molar-refractivity contribution in [2.45, 2.75) is 13.1 Å². The van der Waals surface area contributed by atoms with Crippen LogP contribution in [0.1, 0.15) is 20.8 Å². The van der Waals surface area contributed by atoms with Crippen molar-refractivity contribution < 1.29 is 9.53 Å². The molecule has 0 unspecified atom stereocenters. The van der Waals surface area contributed by atoms with E-state index in [1.54, 1.807) is 17.5 Å². The molecule has 0 saturated carbocycles. The molecule has 2 aromatic heterocycles. The molecule has 1 aliphatic rings. The number of hydrogen-bond donors (Lipinski definition) is 1. The van der Waals surface area contributed by atoms with E-state index >= 15 is 0 Å². The minimum Gasteiger partial charge on any atom is -0.379 e. The standard InChI is InChI=1S/C21H22BrN3O3S/c1-24-13-18(20(27)23-11-14-2-4-15(22)5-3-14)19(26)17-10-16(29-21(17)24)12-25-6-8-28-9-7-25/h2-5,10,13H,6-9,11-12H2,1H3,(H,23,27). The summed E-state index contributed by atoms with van der Waals surface area (Å²) in [6, 6.07) is 9.65. The Kier molecular flexibility index (Phi) is 6.15. The number of aryl methyl sites for hydroxylation is 1. The van der Waals surface area contributed by atoms with Crippen molar-refractivity contribution >= 4 is 43.4 Å². The first-order chi connectivity index (χ1) is 14.0. The fraction of sp³-hybridized carbons (Fsp3) is 0.333. The highest BCUT2D eigenvalue weighted by Gasteiger charge is 2.18. The van der Waals surface area contributed by atoms with Crippen LogP contribution in [0.5, 0.6) is 0 Å². The van der Waals surface area contributed by atoms with E-state index in [0.29, 0.717) is 11.9 Å². The number of ether oxygens (including phenoxy) is 1. The molecule has 1 fully saturated rings. The van der Waals surface area contributed by atoms with E-state index in [1.165, 1.54) is 0 Å². The Bertz CT molecular complexity index is 1080. The number of fused-ring (bicyclic) bond motifs is 1. The number of benzene rings is 1. The van der Waals surface area contributed by atoms with Gasteiger partial charge in [0.2, 0.25) is 5.43 Å². The molecule has 1 amide bonds. The first kappa shape index (κ1) is 20.3. The van der Waals surface area contributed by atoms with E-state index in [1.807, 2.05) is 41.9 Å². The molecule has 0 atom stereocenters. The minimum absolute atomic E-state index is 0.174. The second-order valence-electron chi connectivity index (χ2n) is 7.11. The molecule has 29 heavy (non-hydrogen) atoms. The van der Waals surface area contributed by atoms with Gasteiger partial charge in [0, 0.05) is 48.8 Å². The number of hydrogen-bond acceptors (Lipinski definition) is 5. The zero-order valence-electron chi connectivity index (χ0n) is 16.1. The van der Waals surface area contributed by atoms with Gasteiger partial charge >= 0.3 is 0 Å². The number of thiophene rings is 1. The van der Waals surface area contributed by atoms with Crippen LogP contribution in [0.25, 0.3) is 10.2 Å². The van der Waals surface area contributed by atoms with Crippen LogP contribution in [-0.2, 0) is 24.9 Å². The lowest BCUT2D eigenvalue weighted by Crippen LogP contribution is -2.35. The van der Waals surface area contributed by atoms with Crippen LogP contribution in [0.4, 0.5) is 0 Å². The molecule has 6 nitrogen and oxygen atoms in total. The Balaban J connectivity index is 1.54. The molecular weight excluding hydrogens is 454 g/mol. The lowest BCUT2D eigenvalue weighted by atomic mass is 10.2. The number of pyridine rings is 1. The van der Waals surface area contributed by atoms with Gasteiger partial charge in [-0.2, -0.15) is 0 Å². The number of morpholine rings is 1. The van der Waals surface area contributed by atoms with E-state index in [-0.39, 0.29) is 16.9 Å². The molecule has 152 valence electrons. The summed E-state index contributed by atoms with van der Waals surface area (Å²) in [5.74, 6) is -0.351. The van der Waals surface area contributed by atoms with Crippen molar-refractivity contribution in [2.75, 3.05) is 26.3 Å². The summed E-state index contributed by atoms with van der Waals surface area (Å²) in [5.41, 5.74) is 0.937. The highest BCUT2D eigenvalue weighted by molar-refractivity contribution is 9.10. The van der Waals surface area contributed by atoms with Crippen LogP contribution in [0.15, 0.2) is 45.8 Å². The van der Waals surface area contributed by atoms with Gasteiger partial charge in [-0.25, -0.2) is 0 Å². The Morgan fingerprint density at radius 2 is 1.97 bits per heavy atom. The molecule has 4 rings (SSSR count). The summed E-state index contributed by atoms with van der Waals surface area (Å²) >= 11 is 5.00. The molecule has 3 heterocycles. The third-order valence-electron chi connectivity index (χ3n) is 4.99. The predicted molar refractivity (Wildman–Crippen MR) is 118 cm³/mol. The minimum atomic E-state index is -0.351. The molecule has 1 aromatic carbocycles. The number of amides is 1. The first-order valence-electron chi connectivity index (χ1n) is 9.46. The average Bonchev–Trinajstić information content (AvgIpc) is 3.15. The van der Waals surface area contributed by atoms with Gasteiger partial charge in [-0.1, -0.05) is 28.1 Å². The summed E-state index contributed by atoms with van der Waals surface area (Å²) in [4.78, 5) is 30.0. The maximum Gasteiger partial charge on any atom is 0.257 e. The quantitative estimate of drug-likeness (QED) is 0.615. The van der Waals surface area contributed by atoms with Crippen LogP contribution >= 0.6 is 27.3 Å². The summed E-state index contributed by atoms with van der Waals surface area (Å²) < 4.78 is 8.26. The highest BCUT2D eigenvalue weighted by atomic mass is 79.9. The number of nitrogens with zero attached hydrogens (tertiary/aromatic N) is 2. The average molecular weight is 476 g/mol. The Morgan fingerprint density at radius 1 is 1.24 bits per heavy atom. The van der Waals surface area contributed by atoms with Crippen LogP contribution in [0.3, 0.4) is 0 Å². The van der Waals surface area contributed by atoms with Gasteiger partial charge in [0.05, 0.1) is 18.6 Å². The van der Waals surface area contributed by atoms with Crippen molar-refractivity contribution in [3.05, 3.63) is 67.2 Å². The summed E-state index contributed by atoms with van der Waals surface area (Å²) in [6.07, 6.45) is 1.64. The molecule has 0 spiro atoms. The molecule has 0 bridgehead atoms. The van der Waals surface area contributed by atoms with Gasteiger partial charge in [0.15, 0.2) is 0 Å². The van der Waals surface area contributed by atoms with Gasteiger partial charge in [-0.05, 0) is 23.8 Å². The third kappa shape index (κ3) is 4.61. The number of rotatable bonds is 5. The van der Waals surface area contributed by atoms with Crippen molar-refractivity contribution in [1.82, 2.24) is 14.8 Å². The smallest absolute Gasteiger partial charge is 0.257 e. The van der Waals surface area contributed by atoms with Crippen molar-refractivity contribution in [3.63, 3.8) is 0 Å². The second-order valence-corrected chi connectivity index (χ2v) is 9.14. The van der Waals surface area contributed by atoms with Crippen LogP contribution in [0.2, 0.25) is 0 Å². The topological polar surface area (TPSA) is 63.6 Å². The van der Waals surface area contributed by atoms with Gasteiger partial charge < -0.3 is 14.6 Å². The third-order valence-corrected chi connectivity index (χ3v) is 6.73. The molecule has 1 saturated heterocycles. The molecular formula is C21H22BrN3O3S. The first-order valence-corrected chi connectivity index (χ1v) is 11.1. The maximum absolute atomic E-state index is 13.0. The number of carbonyl (C=O) groups excluding carboxylic acids is 1. The van der Waals surface area contributed by atoms with E-state index in [9.17, 15) is 9.59 Å². The summed E-state index contributed by atoms with van der Waals surface area (Å²) in [5, 5.41) is 3.46. The van der Waals surface area contributed by atoms with Gasteiger partial charge in [-0.15, -0.1) is 11.3 Å². The van der Waals surface area contributed by atoms with Gasteiger partial charge in [-0.3, -0.25) is 14.5 Å². The van der Waals surface area contributed by atoms with Crippen molar-refractivity contribution in [1.29, 1.82) is 0 Å². The Morgan fingerprint density at radius 3 is 2.69 bits per heavy atom. The monoisotopic (exact) mass is 475 g/mol. The molecule has 1 N–H and O–H groups in total. The van der Waals surface area contributed by atoms with E-state index in [4.69, 9.17) is 4.74 Å². The number of nitrogens with one attached hydrogen (secondary N) is 1. The Hall–Kier alpha value is -2.00. The predicted octanol–water partition coefficient (Wildman–Crippen LogP) is 3.12. The van der Waals surface area contributed by atoms with Crippen LogP contribution in [-0.4, -0.2) is 41.7 Å². The fourth-order valence-corrected chi connectivity index (χ4v) is 4.81. The highest BCUT2D eigenvalue weighted by Crippen LogP contribution is 2.25. The molecule has 0 aliphatic carbocycles. The Labute approximate surface area is 181 Å². The maximum atomic E-state index is 13.0. The van der Waals surface area contributed by atoms with Crippen LogP contribution in [0, 0.1) is 0 Å². The zero-order valence-corrected chi connectivity index (χ0v) is 18.5. The van der Waals surface area contributed by atoms with Crippen molar-refractivity contribution in [2.24, 2.45) is 7.05 Å². The SMILES string of the molecule is Cn1cc(C(=O)NCc2ccc(Br)cc2)c(=O)c2cc(CN3CCOCC3)sc21. The van der Waals surface area contributed by atoms with E-state index in [2.05, 4.69) is 26.1 Å². The second kappa shape index (κ2) is 8.79. The molecule has 8 heteroatoms. The lowest BCUT2D eigenvalue weighted by molar-refractivity contribution is 0.0346. The van der Waals surface area contributed by atoms with Crippen molar-refractivity contribution in [3.8, 4) is 0 Å². The molecule has 0 radical (unpaired) electrons. The number of aromatic nitrogens is 1. The summed E-state index contributed by atoms with van der Waals surface area (Å²) in [7, 11) is 1.88. The summed E-state index contributed by atoms with van der Waals surface area (Å²) in [6.45, 7) is 4.46. The number of carbonyl (C=O) groups is 1. The van der Waals surface area contributed by atoms with Gasteiger partial charge in [0.25, 0.3) is 5.91 Å². The lowest BCUT2D eigenvalue weighted by Gasteiger charge is -2.25. The van der Waals surface area contributed by atoms with Gasteiger partial charge in [0.1, 0.15) is 10.4 Å². The van der Waals surface area contributed by atoms with E-state index in [0.717, 1.165) is 52.6 Å².